The molecule has 1 aliphatic heterocycles. The number of nitrogens with one attached hydrogen (secondary N) is 2. The van der Waals surface area contributed by atoms with E-state index in [0.717, 1.165) is 6.07 Å². The number of benzene rings is 1. The lowest BCUT2D eigenvalue weighted by molar-refractivity contribution is -0.143. The van der Waals surface area contributed by atoms with E-state index in [1.165, 1.54) is 12.1 Å². The highest BCUT2D eigenvalue weighted by Gasteiger charge is 2.32. The minimum atomic E-state index is -1.01. The zero-order chi connectivity index (χ0) is 18.0. The number of halogens is 2. The second kappa shape index (κ2) is 6.98. The topological polar surface area (TPSA) is 104 Å². The van der Waals surface area contributed by atoms with Gasteiger partial charge in [0.05, 0.1) is 11.5 Å². The Labute approximate surface area is 141 Å². The maximum atomic E-state index is 13.8. The number of carboxylic acids is 1. The fourth-order valence-electron chi connectivity index (χ4n) is 2.73. The van der Waals surface area contributed by atoms with Gasteiger partial charge in [0.2, 0.25) is 0 Å². The van der Waals surface area contributed by atoms with Crippen LogP contribution in [0.3, 0.4) is 0 Å². The molecular formula is C16H15F2N3O4. The van der Waals surface area contributed by atoms with E-state index in [0.29, 0.717) is 19.0 Å². The third-order valence-corrected chi connectivity index (χ3v) is 4.06. The number of aromatic nitrogens is 1. The number of aliphatic carboxylic acids is 1. The van der Waals surface area contributed by atoms with Crippen LogP contribution in [0.15, 0.2) is 28.8 Å². The smallest absolute Gasteiger partial charge is 0.309 e. The molecule has 0 saturated carbocycles. The lowest BCUT2D eigenvalue weighted by Crippen LogP contribution is -2.52. The Hall–Kier alpha value is -2.81. The molecule has 3 rings (SSSR count). The second-order valence-electron chi connectivity index (χ2n) is 5.72. The van der Waals surface area contributed by atoms with Gasteiger partial charge in [0.1, 0.15) is 11.6 Å². The summed E-state index contributed by atoms with van der Waals surface area (Å²) in [4.78, 5) is 23.5. The van der Waals surface area contributed by atoms with Gasteiger partial charge in [-0.3, -0.25) is 9.59 Å². The van der Waals surface area contributed by atoms with Crippen molar-refractivity contribution < 1.29 is 28.0 Å². The summed E-state index contributed by atoms with van der Waals surface area (Å²) in [7, 11) is 0. The fourth-order valence-corrected chi connectivity index (χ4v) is 2.73. The molecule has 0 unspecified atom stereocenters. The quantitative estimate of drug-likeness (QED) is 0.769. The number of amides is 1. The van der Waals surface area contributed by atoms with Crippen LogP contribution in [0.5, 0.6) is 0 Å². The van der Waals surface area contributed by atoms with Crippen molar-refractivity contribution in [1.29, 1.82) is 0 Å². The number of carboxylic acid groups (broad SMARTS) is 1. The molecule has 1 saturated heterocycles. The van der Waals surface area contributed by atoms with E-state index in [1.807, 2.05) is 0 Å². The van der Waals surface area contributed by atoms with Crippen LogP contribution < -0.4 is 10.6 Å². The lowest BCUT2D eigenvalue weighted by atomic mass is 9.93. The van der Waals surface area contributed by atoms with Gasteiger partial charge in [-0.15, -0.1) is 0 Å². The lowest BCUT2D eigenvalue weighted by Gasteiger charge is -2.29. The highest BCUT2D eigenvalue weighted by Crippen LogP contribution is 2.24. The van der Waals surface area contributed by atoms with Crippen molar-refractivity contribution in [2.75, 3.05) is 13.1 Å². The molecule has 0 bridgehead atoms. The van der Waals surface area contributed by atoms with Gasteiger partial charge in [0.25, 0.3) is 5.91 Å². The average Bonchev–Trinajstić information content (AvgIpc) is 3.05. The zero-order valence-corrected chi connectivity index (χ0v) is 13.0. The summed E-state index contributed by atoms with van der Waals surface area (Å²) >= 11 is 0. The van der Waals surface area contributed by atoms with E-state index in [9.17, 15) is 23.5 Å². The average molecular weight is 351 g/mol. The van der Waals surface area contributed by atoms with Crippen LogP contribution in [0, 0.1) is 17.6 Å². The van der Waals surface area contributed by atoms with Gasteiger partial charge in [-0.05, 0) is 25.1 Å². The van der Waals surface area contributed by atoms with Crippen molar-refractivity contribution in [2.45, 2.75) is 12.5 Å². The third-order valence-electron chi connectivity index (χ3n) is 4.06. The number of hydrogen-bond acceptors (Lipinski definition) is 5. The first kappa shape index (κ1) is 17.0. The molecule has 132 valence electrons. The van der Waals surface area contributed by atoms with Crippen molar-refractivity contribution in [2.24, 2.45) is 5.92 Å². The molecule has 1 amide bonds. The zero-order valence-electron chi connectivity index (χ0n) is 13.0. The van der Waals surface area contributed by atoms with E-state index in [1.54, 1.807) is 0 Å². The third kappa shape index (κ3) is 3.66. The van der Waals surface area contributed by atoms with Gasteiger partial charge in [0.15, 0.2) is 11.5 Å². The van der Waals surface area contributed by atoms with Crippen LogP contribution in [0.4, 0.5) is 8.78 Å². The molecule has 3 N–H and O–H groups in total. The van der Waals surface area contributed by atoms with E-state index in [2.05, 4.69) is 15.8 Å². The van der Waals surface area contributed by atoms with Gasteiger partial charge < -0.3 is 20.3 Å². The fraction of sp³-hybridized carbons (Fsp3) is 0.312. The monoisotopic (exact) mass is 351 g/mol. The Morgan fingerprint density at radius 1 is 1.32 bits per heavy atom. The van der Waals surface area contributed by atoms with Crippen molar-refractivity contribution in [1.82, 2.24) is 15.8 Å². The maximum absolute atomic E-state index is 13.8. The first-order valence-electron chi connectivity index (χ1n) is 7.62. The molecule has 1 aromatic heterocycles. The van der Waals surface area contributed by atoms with E-state index in [4.69, 9.17) is 4.52 Å². The van der Waals surface area contributed by atoms with Crippen LogP contribution in [-0.4, -0.2) is 41.3 Å². The van der Waals surface area contributed by atoms with Gasteiger partial charge in [-0.25, -0.2) is 8.78 Å². The Bertz CT molecular complexity index is 808. The summed E-state index contributed by atoms with van der Waals surface area (Å²) in [6.45, 7) is 0.838. The molecule has 0 spiro atoms. The molecule has 0 radical (unpaired) electrons. The summed E-state index contributed by atoms with van der Waals surface area (Å²) in [6.07, 6.45) is 0.458. The van der Waals surface area contributed by atoms with Gasteiger partial charge >= 0.3 is 5.97 Å². The number of piperidine rings is 1. The van der Waals surface area contributed by atoms with E-state index < -0.39 is 35.5 Å². The Morgan fingerprint density at radius 2 is 2.12 bits per heavy atom. The molecule has 2 aromatic rings. The summed E-state index contributed by atoms with van der Waals surface area (Å²) < 4.78 is 31.7. The molecule has 2 atom stereocenters. The van der Waals surface area contributed by atoms with Crippen molar-refractivity contribution in [3.8, 4) is 11.3 Å². The molecule has 2 heterocycles. The van der Waals surface area contributed by atoms with Gasteiger partial charge in [-0.2, -0.15) is 0 Å². The van der Waals surface area contributed by atoms with Crippen molar-refractivity contribution >= 4 is 11.9 Å². The Kier molecular flexibility index (Phi) is 4.75. The van der Waals surface area contributed by atoms with Crippen LogP contribution in [0.1, 0.15) is 16.9 Å². The number of carbonyl (C=O) groups is 2. The van der Waals surface area contributed by atoms with Crippen LogP contribution in [0.2, 0.25) is 0 Å². The predicted molar refractivity (Wildman–Crippen MR) is 81.7 cm³/mol. The molecule has 25 heavy (non-hydrogen) atoms. The molecule has 1 fully saturated rings. The summed E-state index contributed by atoms with van der Waals surface area (Å²) in [5.74, 6) is -3.97. The SMILES string of the molecule is O=C(N[C@H]1CCNC[C@@H]1C(=O)O)c1cc(-c2ccc(F)cc2F)on1. The standard InChI is InChI=1S/C16H15F2N3O4/c17-8-1-2-9(11(18)5-8)14-6-13(21-25-14)15(22)20-12-3-4-19-7-10(12)16(23)24/h1-2,5-6,10,12,19H,3-4,7H2,(H,20,22)(H,23,24)/t10-,12-/m0/s1. The van der Waals surface area contributed by atoms with Gasteiger partial charge in [0, 0.05) is 24.7 Å². The number of hydrogen-bond donors (Lipinski definition) is 3. The van der Waals surface area contributed by atoms with Crippen molar-refractivity contribution in [3.05, 3.63) is 41.6 Å². The summed E-state index contributed by atoms with van der Waals surface area (Å²) in [5.41, 5.74) is -0.139. The molecule has 9 heteroatoms. The van der Waals surface area contributed by atoms with Crippen molar-refractivity contribution in [3.63, 3.8) is 0 Å². The van der Waals surface area contributed by atoms with Crippen LogP contribution in [-0.2, 0) is 4.79 Å². The normalized spacial score (nSPS) is 20.2. The molecular weight excluding hydrogens is 336 g/mol. The Morgan fingerprint density at radius 3 is 2.84 bits per heavy atom. The summed E-state index contributed by atoms with van der Waals surface area (Å²) in [6, 6.07) is 3.62. The van der Waals surface area contributed by atoms with Crippen LogP contribution >= 0.6 is 0 Å². The van der Waals surface area contributed by atoms with E-state index in [-0.39, 0.29) is 23.6 Å². The first-order valence-corrected chi connectivity index (χ1v) is 7.62. The number of nitrogens with zero attached hydrogens (tertiary/aromatic N) is 1. The largest absolute Gasteiger partial charge is 0.481 e. The number of rotatable bonds is 4. The molecule has 0 aliphatic carbocycles. The predicted octanol–water partition coefficient (Wildman–Crippen LogP) is 1.41. The highest BCUT2D eigenvalue weighted by molar-refractivity contribution is 5.93. The minimum absolute atomic E-state index is 0.0252. The van der Waals surface area contributed by atoms with Crippen LogP contribution in [0.25, 0.3) is 11.3 Å². The summed E-state index contributed by atoms with van der Waals surface area (Å²) in [5, 5.41) is 18.4. The molecule has 1 aromatic carbocycles. The first-order chi connectivity index (χ1) is 12.0. The van der Waals surface area contributed by atoms with Gasteiger partial charge in [-0.1, -0.05) is 5.16 Å². The number of carbonyl (C=O) groups excluding carboxylic acids is 1. The molecule has 1 aliphatic rings. The molecule has 7 nitrogen and oxygen atoms in total. The maximum Gasteiger partial charge on any atom is 0.309 e. The highest BCUT2D eigenvalue weighted by atomic mass is 19.1. The van der Waals surface area contributed by atoms with E-state index >= 15 is 0 Å². The minimum Gasteiger partial charge on any atom is -0.481 e. The second-order valence-corrected chi connectivity index (χ2v) is 5.72. The Balaban J connectivity index is 1.75.